The van der Waals surface area contributed by atoms with Gasteiger partial charge in [0.25, 0.3) is 0 Å². The van der Waals surface area contributed by atoms with Crippen LogP contribution < -0.4 is 0 Å². The second kappa shape index (κ2) is 10.2. The van der Waals surface area contributed by atoms with E-state index in [0.717, 1.165) is 0 Å². The smallest absolute Gasteiger partial charge is 0.136 e. The molecule has 1 nitrogen and oxygen atoms in total. The van der Waals surface area contributed by atoms with Crippen molar-refractivity contribution in [2.45, 2.75) is 0 Å². The molecule has 0 aliphatic carbocycles. The maximum atomic E-state index is 9.77. The van der Waals surface area contributed by atoms with Crippen LogP contribution in [0.3, 0.4) is 0 Å². The second-order valence-corrected chi connectivity index (χ2v) is 11.2. The van der Waals surface area contributed by atoms with Crippen molar-refractivity contribution in [3.05, 3.63) is 169 Å². The van der Waals surface area contributed by atoms with Crippen LogP contribution >= 0.6 is 0 Å². The Morgan fingerprint density at radius 2 is 0.979 bits per heavy atom. The third kappa shape index (κ3) is 4.03. The van der Waals surface area contributed by atoms with E-state index >= 15 is 0 Å². The molecule has 47 heavy (non-hydrogen) atoms. The quantitative estimate of drug-likeness (QED) is 0.181. The Hall–Kier alpha value is -6.18. The molecule has 10 rings (SSSR count). The molecule has 218 valence electrons. The van der Waals surface area contributed by atoms with Crippen molar-refractivity contribution in [2.24, 2.45) is 0 Å². The highest BCUT2D eigenvalue weighted by atomic mass is 16.3. The molecule has 0 bridgehead atoms. The van der Waals surface area contributed by atoms with Gasteiger partial charge in [-0.1, -0.05) is 139 Å². The van der Waals surface area contributed by atoms with Crippen LogP contribution in [0.5, 0.6) is 0 Å². The third-order valence-electron chi connectivity index (χ3n) is 8.57. The van der Waals surface area contributed by atoms with Crippen molar-refractivity contribution in [3.8, 4) is 33.4 Å². The van der Waals surface area contributed by atoms with Gasteiger partial charge in [-0.2, -0.15) is 0 Å². The van der Waals surface area contributed by atoms with Crippen LogP contribution in [0.25, 0.3) is 98.4 Å². The molecule has 1 heterocycles. The lowest BCUT2D eigenvalue weighted by Crippen LogP contribution is -1.91. The van der Waals surface area contributed by atoms with Crippen molar-refractivity contribution in [1.29, 1.82) is 0 Å². The first-order valence-corrected chi connectivity index (χ1v) is 14.9. The molecule has 0 unspecified atom stereocenters. The Balaban J connectivity index is 1.30. The molecule has 9 aromatic carbocycles. The summed E-state index contributed by atoms with van der Waals surface area (Å²) in [5.74, 6) is 0. The van der Waals surface area contributed by atoms with Gasteiger partial charge in [-0.3, -0.25) is 0 Å². The molecular formula is C46H28O. The summed E-state index contributed by atoms with van der Waals surface area (Å²) >= 11 is 0. The van der Waals surface area contributed by atoms with Gasteiger partial charge in [0.15, 0.2) is 0 Å². The molecule has 0 amide bonds. The van der Waals surface area contributed by atoms with E-state index in [1.807, 2.05) is 42.5 Å². The van der Waals surface area contributed by atoms with Crippen molar-refractivity contribution < 1.29 is 26.3 Å². The fraction of sp³-hybridized carbons (Fsp3) is 0. The Bertz CT molecular complexity index is 3700. The zero-order valence-corrected chi connectivity index (χ0v) is 24.3. The Morgan fingerprint density at radius 3 is 1.72 bits per heavy atom. The van der Waals surface area contributed by atoms with Gasteiger partial charge >= 0.3 is 0 Å². The van der Waals surface area contributed by atoms with Crippen molar-refractivity contribution in [1.82, 2.24) is 0 Å². The zero-order chi connectivity index (χ0) is 44.8. The van der Waals surface area contributed by atoms with E-state index in [9.17, 15) is 5.48 Å². The summed E-state index contributed by atoms with van der Waals surface area (Å²) in [5.41, 5.74) is 1.72. The van der Waals surface area contributed by atoms with E-state index in [0.29, 0.717) is 43.8 Å². The van der Waals surface area contributed by atoms with Crippen LogP contribution in [0.2, 0.25) is 0 Å². The molecule has 0 fully saturated rings. The lowest BCUT2D eigenvalue weighted by Gasteiger charge is -2.18. The Labute approximate surface area is 294 Å². The fourth-order valence-corrected chi connectivity index (χ4v) is 6.55. The topological polar surface area (TPSA) is 13.1 Å². The van der Waals surface area contributed by atoms with Crippen LogP contribution in [0.4, 0.5) is 0 Å². The molecule has 10 aromatic rings. The first-order chi connectivity index (χ1) is 30.0. The molecular weight excluding hydrogens is 569 g/mol. The molecule has 0 N–H and O–H groups in total. The number of hydrogen-bond donors (Lipinski definition) is 0. The van der Waals surface area contributed by atoms with E-state index in [-0.39, 0.29) is 72.7 Å². The summed E-state index contributed by atoms with van der Waals surface area (Å²) in [6.07, 6.45) is 0. The SMILES string of the molecule is [2H]c1c(-c2c3ccccc3c(-c3cccc(-c4c([2H])c([2H])c([2H])c5c([2H])c([2H])c([2H])c([2H])c45)c3)c3ccccc23)c([2H])c2c(oc3c([2H])c4c([2H])c([2H])c([2H])c([2H])c4c([2H])c32)c1[2H]. The summed E-state index contributed by atoms with van der Waals surface area (Å²) in [5, 5.41) is 1.65. The molecule has 1 heteroatoms. The predicted octanol–water partition coefficient (Wildman–Crippen LogP) is 13.2. The average Bonchev–Trinajstić information content (AvgIpc) is 3.70. The van der Waals surface area contributed by atoms with E-state index in [2.05, 4.69) is 0 Å². The zero-order valence-electron chi connectivity index (χ0n) is 40.3. The van der Waals surface area contributed by atoms with Gasteiger partial charge in [-0.15, -0.1) is 0 Å². The first-order valence-electron chi connectivity index (χ1n) is 22.9. The number of fused-ring (bicyclic) bond motifs is 7. The number of rotatable bonds is 3. The van der Waals surface area contributed by atoms with Gasteiger partial charge in [-0.05, 0) is 107 Å². The van der Waals surface area contributed by atoms with Gasteiger partial charge < -0.3 is 4.42 Å². The number of hydrogen-bond acceptors (Lipinski definition) is 1. The summed E-state index contributed by atoms with van der Waals surface area (Å²) in [7, 11) is 0. The molecule has 0 aliphatic rings. The molecule has 1 aromatic heterocycles. The van der Waals surface area contributed by atoms with E-state index < -0.39 is 78.6 Å². The minimum absolute atomic E-state index is 0.0294. The van der Waals surface area contributed by atoms with E-state index in [1.54, 1.807) is 30.3 Å². The first kappa shape index (κ1) is 14.9. The summed E-state index contributed by atoms with van der Waals surface area (Å²) in [6, 6.07) is 14.1. The maximum absolute atomic E-state index is 9.77. The van der Waals surface area contributed by atoms with Crippen LogP contribution in [0.1, 0.15) is 21.9 Å². The van der Waals surface area contributed by atoms with Crippen molar-refractivity contribution in [3.63, 3.8) is 0 Å². The highest BCUT2D eigenvalue weighted by Gasteiger charge is 2.18. The lowest BCUT2D eigenvalue weighted by atomic mass is 9.85. The molecule has 0 saturated carbocycles. The van der Waals surface area contributed by atoms with Crippen LogP contribution in [0, 0.1) is 0 Å². The predicted molar refractivity (Wildman–Crippen MR) is 200 cm³/mol. The van der Waals surface area contributed by atoms with Gasteiger partial charge in [-0.25, -0.2) is 0 Å². The largest absolute Gasteiger partial charge is 0.456 e. The van der Waals surface area contributed by atoms with Crippen LogP contribution in [0.15, 0.2) is 174 Å². The highest BCUT2D eigenvalue weighted by Crippen LogP contribution is 2.45. The third-order valence-corrected chi connectivity index (χ3v) is 8.57. The summed E-state index contributed by atoms with van der Waals surface area (Å²) in [6.45, 7) is 0. The van der Waals surface area contributed by atoms with Crippen molar-refractivity contribution >= 4 is 65.0 Å². The number of benzene rings is 9. The minimum Gasteiger partial charge on any atom is -0.456 e. The maximum Gasteiger partial charge on any atom is 0.136 e. The lowest BCUT2D eigenvalue weighted by molar-refractivity contribution is 0.669. The monoisotopic (exact) mass is 612 g/mol. The van der Waals surface area contributed by atoms with Gasteiger partial charge in [0.2, 0.25) is 0 Å². The van der Waals surface area contributed by atoms with E-state index in [4.69, 9.17) is 20.9 Å². The second-order valence-electron chi connectivity index (χ2n) is 11.2. The molecule has 0 radical (unpaired) electrons. The summed E-state index contributed by atoms with van der Waals surface area (Å²) < 4.78 is 147. The average molecular weight is 613 g/mol. The molecule has 0 spiro atoms. The van der Waals surface area contributed by atoms with Gasteiger partial charge in [0.05, 0.1) is 21.9 Å². The molecule has 0 saturated heterocycles. The highest BCUT2D eigenvalue weighted by molar-refractivity contribution is 6.22. The molecule has 0 aliphatic heterocycles. The van der Waals surface area contributed by atoms with Gasteiger partial charge in [0.1, 0.15) is 11.2 Å². The normalized spacial score (nSPS) is 16.6. The minimum atomic E-state index is -0.592. The van der Waals surface area contributed by atoms with Gasteiger partial charge in [0, 0.05) is 10.8 Å². The Kier molecular flexibility index (Phi) is 3.23. The van der Waals surface area contributed by atoms with Crippen LogP contribution in [-0.4, -0.2) is 0 Å². The Morgan fingerprint density at radius 1 is 0.383 bits per heavy atom. The number of furan rings is 1. The standard InChI is InChI=1S/C46H28O/c1-2-13-31-28-44-42(26-30(31)12-1)41-27-34(23-24-43(41)47-44)46-39-20-7-5-18-37(39)45(38-19-6-8-21-40(38)46)33-16-9-15-32(25-33)36-22-10-14-29-11-3-4-17-35(29)36/h1-28H/i1D,2D,3D,4D,10D,11D,12D,13D,14D,17D,22D,23D,24D,26D,27D,28D. The molecule has 0 atom stereocenters. The van der Waals surface area contributed by atoms with E-state index in [1.165, 1.54) is 0 Å². The summed E-state index contributed by atoms with van der Waals surface area (Å²) in [4.78, 5) is 0. The van der Waals surface area contributed by atoms with Crippen molar-refractivity contribution in [2.75, 3.05) is 0 Å². The fourth-order valence-electron chi connectivity index (χ4n) is 6.55. The van der Waals surface area contributed by atoms with Crippen LogP contribution in [-0.2, 0) is 0 Å².